The van der Waals surface area contributed by atoms with Gasteiger partial charge in [0.05, 0.1) is 11.5 Å². The highest BCUT2D eigenvalue weighted by atomic mass is 16.5. The highest BCUT2D eigenvalue weighted by Crippen LogP contribution is 2.35. The average Bonchev–Trinajstić information content (AvgIpc) is 2.19. The maximum Gasteiger partial charge on any atom is 0.0691 e. The van der Waals surface area contributed by atoms with E-state index in [9.17, 15) is 5.26 Å². The van der Waals surface area contributed by atoms with E-state index >= 15 is 0 Å². The fraction of sp³-hybridized carbons (Fsp3) is 0.917. The Morgan fingerprint density at radius 1 is 1.36 bits per heavy atom. The van der Waals surface area contributed by atoms with E-state index in [2.05, 4.69) is 19.9 Å². The van der Waals surface area contributed by atoms with Crippen LogP contribution >= 0.6 is 0 Å². The van der Waals surface area contributed by atoms with E-state index in [0.29, 0.717) is 0 Å². The van der Waals surface area contributed by atoms with E-state index in [1.54, 1.807) is 0 Å². The zero-order valence-electron chi connectivity index (χ0n) is 9.38. The molecule has 14 heavy (non-hydrogen) atoms. The van der Waals surface area contributed by atoms with Gasteiger partial charge in [0.25, 0.3) is 0 Å². The molecule has 0 N–H and O–H groups in total. The summed E-state index contributed by atoms with van der Waals surface area (Å²) >= 11 is 0. The van der Waals surface area contributed by atoms with Crippen molar-refractivity contribution in [2.24, 2.45) is 11.3 Å². The second-order valence-electron chi connectivity index (χ2n) is 4.79. The van der Waals surface area contributed by atoms with Gasteiger partial charge in [-0.15, -0.1) is 0 Å². The smallest absolute Gasteiger partial charge is 0.0691 e. The van der Waals surface area contributed by atoms with Crippen LogP contribution in [-0.2, 0) is 4.74 Å². The van der Waals surface area contributed by atoms with E-state index in [1.165, 1.54) is 12.8 Å². The lowest BCUT2D eigenvalue weighted by Gasteiger charge is -2.30. The summed E-state index contributed by atoms with van der Waals surface area (Å²) in [6, 6.07) is 2.51. The second kappa shape index (κ2) is 5.36. The van der Waals surface area contributed by atoms with Crippen molar-refractivity contribution in [1.29, 1.82) is 5.26 Å². The van der Waals surface area contributed by atoms with Crippen molar-refractivity contribution >= 4 is 0 Å². The number of nitriles is 1. The predicted octanol–water partition coefficient (Wildman–Crippen LogP) is 3.13. The van der Waals surface area contributed by atoms with E-state index < -0.39 is 0 Å². The first-order valence-corrected chi connectivity index (χ1v) is 5.67. The standard InChI is InChI=1S/C12H21NO/c1-11(2)4-3-5-12(10-13)6-8-14-9-7-12/h11H,3-9H2,1-2H3. The lowest BCUT2D eigenvalue weighted by atomic mass is 9.77. The summed E-state index contributed by atoms with van der Waals surface area (Å²) in [6.07, 6.45) is 5.35. The Bertz CT molecular complexity index is 199. The van der Waals surface area contributed by atoms with Gasteiger partial charge in [-0.1, -0.05) is 26.7 Å². The van der Waals surface area contributed by atoms with Crippen LogP contribution in [0.1, 0.15) is 46.0 Å². The molecule has 0 atom stereocenters. The fourth-order valence-electron chi connectivity index (χ4n) is 2.03. The normalized spacial score (nSPS) is 20.7. The number of hydrogen-bond acceptors (Lipinski definition) is 2. The molecule has 1 heterocycles. The first-order valence-electron chi connectivity index (χ1n) is 5.67. The molecule has 0 unspecified atom stereocenters. The van der Waals surface area contributed by atoms with Crippen LogP contribution in [-0.4, -0.2) is 13.2 Å². The molecule has 0 aliphatic carbocycles. The molecule has 1 rings (SSSR count). The van der Waals surface area contributed by atoms with Crippen LogP contribution in [0.15, 0.2) is 0 Å². The van der Waals surface area contributed by atoms with Gasteiger partial charge in [-0.3, -0.25) is 0 Å². The molecule has 1 fully saturated rings. The molecule has 2 heteroatoms. The molecule has 1 aliphatic rings. The maximum atomic E-state index is 9.20. The first-order chi connectivity index (χ1) is 6.68. The minimum Gasteiger partial charge on any atom is -0.381 e. The Morgan fingerprint density at radius 3 is 2.50 bits per heavy atom. The fourth-order valence-corrected chi connectivity index (χ4v) is 2.03. The van der Waals surface area contributed by atoms with Crippen LogP contribution in [0.5, 0.6) is 0 Å². The molecule has 0 spiro atoms. The molecule has 0 bridgehead atoms. The quantitative estimate of drug-likeness (QED) is 0.690. The van der Waals surface area contributed by atoms with Gasteiger partial charge in [-0.05, 0) is 25.2 Å². The van der Waals surface area contributed by atoms with Gasteiger partial charge in [0.2, 0.25) is 0 Å². The number of nitrogens with zero attached hydrogens (tertiary/aromatic N) is 1. The van der Waals surface area contributed by atoms with Crippen LogP contribution in [0.25, 0.3) is 0 Å². The minimum atomic E-state index is -0.0624. The first kappa shape index (κ1) is 11.5. The largest absolute Gasteiger partial charge is 0.381 e. The van der Waals surface area contributed by atoms with Crippen molar-refractivity contribution in [3.8, 4) is 6.07 Å². The molecular weight excluding hydrogens is 174 g/mol. The molecule has 1 aliphatic heterocycles. The highest BCUT2D eigenvalue weighted by molar-refractivity contribution is 4.99. The topological polar surface area (TPSA) is 33.0 Å². The molecule has 0 aromatic rings. The third-order valence-corrected chi connectivity index (χ3v) is 3.12. The van der Waals surface area contributed by atoms with Crippen molar-refractivity contribution < 1.29 is 4.74 Å². The second-order valence-corrected chi connectivity index (χ2v) is 4.79. The average molecular weight is 195 g/mol. The Labute approximate surface area is 87.3 Å². The summed E-state index contributed by atoms with van der Waals surface area (Å²) in [5, 5.41) is 9.20. The number of hydrogen-bond donors (Lipinski definition) is 0. The molecule has 0 radical (unpaired) electrons. The Morgan fingerprint density at radius 2 is 2.00 bits per heavy atom. The van der Waals surface area contributed by atoms with Crippen molar-refractivity contribution in [1.82, 2.24) is 0 Å². The van der Waals surface area contributed by atoms with Gasteiger partial charge in [0, 0.05) is 13.2 Å². The van der Waals surface area contributed by atoms with E-state index in [0.717, 1.165) is 38.4 Å². The van der Waals surface area contributed by atoms with Crippen molar-refractivity contribution in [3.05, 3.63) is 0 Å². The maximum absolute atomic E-state index is 9.20. The van der Waals surface area contributed by atoms with Gasteiger partial charge < -0.3 is 4.74 Å². The summed E-state index contributed by atoms with van der Waals surface area (Å²) < 4.78 is 5.30. The van der Waals surface area contributed by atoms with Crippen LogP contribution in [0.2, 0.25) is 0 Å². The molecule has 1 saturated heterocycles. The van der Waals surface area contributed by atoms with Crippen molar-refractivity contribution in [2.45, 2.75) is 46.0 Å². The SMILES string of the molecule is CC(C)CCCC1(C#N)CCOCC1. The Hall–Kier alpha value is -0.550. The Balaban J connectivity index is 2.34. The molecule has 2 nitrogen and oxygen atoms in total. The summed E-state index contributed by atoms with van der Waals surface area (Å²) in [7, 11) is 0. The number of ether oxygens (including phenoxy) is 1. The van der Waals surface area contributed by atoms with Crippen LogP contribution < -0.4 is 0 Å². The zero-order valence-corrected chi connectivity index (χ0v) is 9.38. The van der Waals surface area contributed by atoms with Crippen LogP contribution in [0.3, 0.4) is 0 Å². The predicted molar refractivity (Wildman–Crippen MR) is 56.8 cm³/mol. The summed E-state index contributed by atoms with van der Waals surface area (Å²) in [5.74, 6) is 0.755. The lowest BCUT2D eigenvalue weighted by molar-refractivity contribution is 0.0356. The molecule has 0 amide bonds. The molecule has 0 saturated carbocycles. The van der Waals surface area contributed by atoms with E-state index in [-0.39, 0.29) is 5.41 Å². The molecule has 80 valence electrons. The van der Waals surface area contributed by atoms with Crippen molar-refractivity contribution in [3.63, 3.8) is 0 Å². The summed E-state index contributed by atoms with van der Waals surface area (Å²) in [6.45, 7) is 6.02. The molecule has 0 aromatic heterocycles. The zero-order chi connectivity index (χ0) is 10.4. The van der Waals surface area contributed by atoms with Gasteiger partial charge in [-0.2, -0.15) is 5.26 Å². The van der Waals surface area contributed by atoms with E-state index in [4.69, 9.17) is 4.74 Å². The number of rotatable bonds is 4. The summed E-state index contributed by atoms with van der Waals surface area (Å²) in [5.41, 5.74) is -0.0624. The van der Waals surface area contributed by atoms with Gasteiger partial charge in [0.1, 0.15) is 0 Å². The van der Waals surface area contributed by atoms with Crippen LogP contribution in [0.4, 0.5) is 0 Å². The molecular formula is C12H21NO. The third kappa shape index (κ3) is 3.31. The monoisotopic (exact) mass is 195 g/mol. The lowest BCUT2D eigenvalue weighted by Crippen LogP contribution is -2.28. The van der Waals surface area contributed by atoms with Gasteiger partial charge >= 0.3 is 0 Å². The Kier molecular flexibility index (Phi) is 4.41. The third-order valence-electron chi connectivity index (χ3n) is 3.12. The minimum absolute atomic E-state index is 0.0624. The van der Waals surface area contributed by atoms with Gasteiger partial charge in [0.15, 0.2) is 0 Å². The molecule has 0 aromatic carbocycles. The van der Waals surface area contributed by atoms with Gasteiger partial charge in [-0.25, -0.2) is 0 Å². The highest BCUT2D eigenvalue weighted by Gasteiger charge is 2.31. The van der Waals surface area contributed by atoms with E-state index in [1.807, 2.05) is 0 Å². The van der Waals surface area contributed by atoms with Crippen LogP contribution in [0, 0.1) is 22.7 Å². The van der Waals surface area contributed by atoms with Crippen molar-refractivity contribution in [2.75, 3.05) is 13.2 Å². The summed E-state index contributed by atoms with van der Waals surface area (Å²) in [4.78, 5) is 0.